The van der Waals surface area contributed by atoms with Crippen LogP contribution in [-0.2, 0) is 35.8 Å². The largest absolute Gasteiger partial charge is 1.00 e. The van der Waals surface area contributed by atoms with Crippen LogP contribution >= 0.6 is 0 Å². The van der Waals surface area contributed by atoms with Crippen LogP contribution in [0.1, 0.15) is 36.1 Å². The second-order valence-corrected chi connectivity index (χ2v) is 21.1. The summed E-state index contributed by atoms with van der Waals surface area (Å²) in [5.74, 6) is 0. The molecule has 4 aromatic carbocycles. The maximum atomic E-state index is 2.33. The van der Waals surface area contributed by atoms with E-state index >= 15 is 0 Å². The smallest absolute Gasteiger partial charge is 1.00 e. The molecule has 0 nitrogen and oxygen atoms in total. The number of rotatable bonds is 4. The summed E-state index contributed by atoms with van der Waals surface area (Å²) in [5, 5.41) is 0. The van der Waals surface area contributed by atoms with E-state index in [1.54, 1.807) is 0 Å². The van der Waals surface area contributed by atoms with Crippen molar-refractivity contribution in [1.82, 2.24) is 0 Å². The molecular weight excluding hydrogens is 638 g/mol. The van der Waals surface area contributed by atoms with Gasteiger partial charge in [0.2, 0.25) is 0 Å². The van der Waals surface area contributed by atoms with Gasteiger partial charge in [0, 0.05) is 0 Å². The van der Waals surface area contributed by atoms with Gasteiger partial charge in [0.15, 0.2) is 0 Å². The fourth-order valence-corrected chi connectivity index (χ4v) is 3.51. The first-order valence-corrected chi connectivity index (χ1v) is 19.4. The fourth-order valence-electron chi connectivity index (χ4n) is 3.51. The summed E-state index contributed by atoms with van der Waals surface area (Å²) in [6.45, 7) is 13.3. The van der Waals surface area contributed by atoms with E-state index in [-0.39, 0.29) is 30.3 Å². The van der Waals surface area contributed by atoms with Crippen molar-refractivity contribution in [2.75, 3.05) is 0 Å². The Morgan fingerprint density at radius 3 is 1.12 bits per heavy atom. The van der Waals surface area contributed by atoms with Gasteiger partial charge in [-0.15, -0.1) is 70.8 Å². The minimum atomic E-state index is 0. The van der Waals surface area contributed by atoms with Crippen LogP contribution in [-0.4, -0.2) is 5.49 Å². The molecular formula is C30H36Cl2HfSi-2. The second-order valence-electron chi connectivity index (χ2n) is 8.35. The summed E-state index contributed by atoms with van der Waals surface area (Å²) in [6, 6.07) is 30.6. The molecule has 180 valence electrons. The monoisotopic (exact) mass is 674 g/mol. The van der Waals surface area contributed by atoms with E-state index < -0.39 is 0 Å². The quantitative estimate of drug-likeness (QED) is 0.231. The molecule has 0 heterocycles. The SMILES string of the molecule is CCc1ccc(-[c-]2cccc2C)cc1.CCc1ccc(-[c-]2cccc2C)cc1.C[Si](C)=[Hf+2].[Cl-].[Cl-]. The summed E-state index contributed by atoms with van der Waals surface area (Å²) in [4.78, 5) is 0. The summed E-state index contributed by atoms with van der Waals surface area (Å²) < 4.78 is 0. The first kappa shape index (κ1) is 32.8. The summed E-state index contributed by atoms with van der Waals surface area (Å²) in [5.41, 5.74) is 11.1. The van der Waals surface area contributed by atoms with Crippen LogP contribution in [0.15, 0.2) is 84.9 Å². The number of hydrogen-bond donors (Lipinski definition) is 0. The molecule has 0 radical (unpaired) electrons. The number of hydrogen-bond acceptors (Lipinski definition) is 0. The summed E-state index contributed by atoms with van der Waals surface area (Å²) in [7, 11) is 0. The van der Waals surface area contributed by atoms with Gasteiger partial charge in [0.25, 0.3) is 0 Å². The molecule has 0 saturated heterocycles. The van der Waals surface area contributed by atoms with Crippen LogP contribution in [0.2, 0.25) is 13.1 Å². The number of halogens is 2. The van der Waals surface area contributed by atoms with Gasteiger partial charge < -0.3 is 24.8 Å². The van der Waals surface area contributed by atoms with Gasteiger partial charge in [-0.1, -0.05) is 74.2 Å². The predicted octanol–water partition coefficient (Wildman–Crippen LogP) is 2.68. The fraction of sp³-hybridized carbons (Fsp3) is 0.267. The number of benzene rings is 2. The van der Waals surface area contributed by atoms with Crippen molar-refractivity contribution in [3.8, 4) is 22.3 Å². The maximum absolute atomic E-state index is 2.33. The standard InChI is InChI=1S/2C14H15.C2H6Si.2ClH.Hf/c2*1-3-12-7-9-13(10-8-12)14-6-4-5-11(14)2;1-3-2;;;/h2*4-10H,3H2,1-2H3;1-2H3;2*1H;/q2*-1;;;;+2/p-2. The Morgan fingerprint density at radius 1 is 0.618 bits per heavy atom. The van der Waals surface area contributed by atoms with Crippen LogP contribution in [0.4, 0.5) is 0 Å². The first-order valence-electron chi connectivity index (χ1n) is 11.5. The Kier molecular flexibility index (Phi) is 16.7. The average Bonchev–Trinajstić information content (AvgIpc) is 3.42. The first-order chi connectivity index (χ1) is 15.3. The molecule has 4 heteroatoms. The zero-order chi connectivity index (χ0) is 23.5. The Bertz CT molecular complexity index is 1000. The van der Waals surface area contributed by atoms with Crippen LogP contribution in [0, 0.1) is 13.8 Å². The molecule has 0 aliphatic carbocycles. The van der Waals surface area contributed by atoms with Crippen molar-refractivity contribution in [2.24, 2.45) is 0 Å². The van der Waals surface area contributed by atoms with Crippen molar-refractivity contribution in [1.29, 1.82) is 0 Å². The van der Waals surface area contributed by atoms with Crippen molar-refractivity contribution in [3.63, 3.8) is 0 Å². The molecule has 0 fully saturated rings. The van der Waals surface area contributed by atoms with Gasteiger partial charge in [0.05, 0.1) is 0 Å². The van der Waals surface area contributed by atoms with E-state index in [9.17, 15) is 0 Å². The van der Waals surface area contributed by atoms with E-state index in [1.165, 1.54) is 67.5 Å². The predicted molar refractivity (Wildman–Crippen MR) is 141 cm³/mol. The van der Waals surface area contributed by atoms with Crippen LogP contribution < -0.4 is 24.8 Å². The molecule has 4 aromatic rings. The Hall–Kier alpha value is -1.19. The van der Waals surface area contributed by atoms with Crippen LogP contribution in [0.5, 0.6) is 0 Å². The average molecular weight is 674 g/mol. The summed E-state index contributed by atoms with van der Waals surface area (Å²) >= 11 is 1.45. The molecule has 0 aliphatic rings. The van der Waals surface area contributed by atoms with Crippen molar-refractivity contribution in [3.05, 3.63) is 107 Å². The molecule has 0 saturated carbocycles. The molecule has 0 spiro atoms. The molecule has 0 bridgehead atoms. The molecule has 0 amide bonds. The molecule has 0 unspecified atom stereocenters. The van der Waals surface area contributed by atoms with E-state index in [0.717, 1.165) is 12.8 Å². The minimum absolute atomic E-state index is 0. The Morgan fingerprint density at radius 2 is 0.912 bits per heavy atom. The van der Waals surface area contributed by atoms with Gasteiger partial charge >= 0.3 is 41.6 Å². The third kappa shape index (κ3) is 10.6. The number of aryl methyl sites for hydroxylation is 4. The second kappa shape index (κ2) is 17.3. The normalized spacial score (nSPS) is 9.41. The van der Waals surface area contributed by atoms with Gasteiger partial charge in [0.1, 0.15) is 0 Å². The third-order valence-corrected chi connectivity index (χ3v) is 5.41. The van der Waals surface area contributed by atoms with E-state index in [0.29, 0.717) is 0 Å². The molecule has 34 heavy (non-hydrogen) atoms. The van der Waals surface area contributed by atoms with Crippen molar-refractivity contribution in [2.45, 2.75) is 53.6 Å². The van der Waals surface area contributed by atoms with Crippen molar-refractivity contribution < 1.29 is 47.8 Å². The maximum Gasteiger partial charge on any atom is -1.00 e. The van der Waals surface area contributed by atoms with Crippen LogP contribution in [0.3, 0.4) is 0 Å². The zero-order valence-electron chi connectivity index (χ0n) is 21.3. The van der Waals surface area contributed by atoms with Gasteiger partial charge in [-0.2, -0.15) is 12.1 Å². The zero-order valence-corrected chi connectivity index (χ0v) is 27.4. The minimum Gasteiger partial charge on any atom is -1.00 e. The molecule has 0 atom stereocenters. The molecule has 0 aliphatic heterocycles. The van der Waals surface area contributed by atoms with Gasteiger partial charge in [-0.25, -0.2) is 0 Å². The van der Waals surface area contributed by atoms with Crippen molar-refractivity contribution >= 4 is 5.49 Å². The molecule has 4 rings (SSSR count). The van der Waals surface area contributed by atoms with Crippen LogP contribution in [0.25, 0.3) is 22.3 Å². The molecule has 0 N–H and O–H groups in total. The Labute approximate surface area is 234 Å². The molecule has 0 aromatic heterocycles. The summed E-state index contributed by atoms with van der Waals surface area (Å²) in [6.07, 6.45) is 2.22. The van der Waals surface area contributed by atoms with Gasteiger partial charge in [-0.05, 0) is 12.8 Å². The van der Waals surface area contributed by atoms with E-state index in [4.69, 9.17) is 0 Å². The van der Waals surface area contributed by atoms with E-state index in [2.05, 4.69) is 126 Å². The van der Waals surface area contributed by atoms with E-state index in [1.807, 2.05) is 0 Å². The van der Waals surface area contributed by atoms with Gasteiger partial charge in [-0.3, -0.25) is 0 Å². The Balaban J connectivity index is 0.000000528. The third-order valence-electron chi connectivity index (χ3n) is 5.41. The topological polar surface area (TPSA) is 0 Å².